The fraction of sp³-hybridized carbons (Fsp3) is 1.00. The van der Waals surface area contributed by atoms with Crippen molar-refractivity contribution in [1.82, 2.24) is 0 Å². The van der Waals surface area contributed by atoms with E-state index in [2.05, 4.69) is 4.52 Å². The molecule has 6 heavy (non-hydrogen) atoms. The topological polar surface area (TPSA) is 49.7 Å². The van der Waals surface area contributed by atoms with Crippen LogP contribution in [0, 0.1) is 0 Å². The Kier molecular flexibility index (Phi) is 9.67. The smallest absolute Gasteiger partial charge is 0.326 e. The van der Waals surface area contributed by atoms with E-state index >= 15 is 0 Å². The van der Waals surface area contributed by atoms with Crippen LogP contribution >= 0.6 is 8.60 Å². The minimum absolute atomic E-state index is 0. The zero-order valence-corrected chi connectivity index (χ0v) is 4.89. The fourth-order valence-corrected chi connectivity index (χ4v) is 0. The molecule has 43 valence electrons. The molecule has 0 spiro atoms. The summed E-state index contributed by atoms with van der Waals surface area (Å²) in [5, 5.41) is 0. The summed E-state index contributed by atoms with van der Waals surface area (Å²) in [5.74, 6) is 0. The number of hydrogen-bond acceptors (Lipinski definition) is 3. The largest absolute Gasteiger partial charge is 0.328 e. The first-order valence-corrected chi connectivity index (χ1v) is 2.16. The molecule has 5 heteroatoms. The van der Waals surface area contributed by atoms with Gasteiger partial charge in [0.15, 0.2) is 0 Å². The van der Waals surface area contributed by atoms with E-state index in [1.807, 2.05) is 0 Å². The van der Waals surface area contributed by atoms with Gasteiger partial charge in [0.25, 0.3) is 0 Å². The van der Waals surface area contributed by atoms with Crippen LogP contribution in [0.3, 0.4) is 0 Å². The van der Waals surface area contributed by atoms with E-state index in [1.165, 1.54) is 7.11 Å². The van der Waals surface area contributed by atoms with Crippen molar-refractivity contribution in [1.29, 1.82) is 0 Å². The van der Waals surface area contributed by atoms with Crippen LogP contribution in [-0.4, -0.2) is 16.9 Å². The van der Waals surface area contributed by atoms with Crippen LogP contribution < -0.4 is 0 Å². The molecule has 0 aromatic heterocycles. The summed E-state index contributed by atoms with van der Waals surface area (Å²) in [5.41, 5.74) is 0. The average molecular weight is 160 g/mol. The third-order valence-corrected chi connectivity index (χ3v) is 0.490. The van der Waals surface area contributed by atoms with Crippen LogP contribution in [0.5, 0.6) is 0 Å². The van der Waals surface area contributed by atoms with E-state index in [-0.39, 0.29) is 17.1 Å². The van der Waals surface area contributed by atoms with Crippen molar-refractivity contribution < 1.29 is 31.4 Å². The molecule has 0 heterocycles. The molecule has 0 aromatic carbocycles. The van der Waals surface area contributed by atoms with Crippen LogP contribution in [0.1, 0.15) is 0 Å². The molecule has 0 aliphatic rings. The first kappa shape index (κ1) is 9.95. The molecule has 0 bridgehead atoms. The van der Waals surface area contributed by atoms with Crippen molar-refractivity contribution in [3.05, 3.63) is 0 Å². The summed E-state index contributed by atoms with van der Waals surface area (Å²) in [4.78, 5) is 15.5. The molecule has 0 unspecified atom stereocenters. The molecule has 0 amide bonds. The van der Waals surface area contributed by atoms with Crippen LogP contribution in [0.2, 0.25) is 0 Å². The van der Waals surface area contributed by atoms with Gasteiger partial charge in [0.2, 0.25) is 0 Å². The minimum Gasteiger partial charge on any atom is -0.328 e. The monoisotopic (exact) mass is 159 g/mol. The maximum absolute atomic E-state index is 7.76. The molecule has 0 saturated carbocycles. The Balaban J connectivity index is 0. The van der Waals surface area contributed by atoms with Crippen molar-refractivity contribution in [3.8, 4) is 0 Å². The van der Waals surface area contributed by atoms with Gasteiger partial charge in [-0.25, -0.2) is 0 Å². The number of rotatable bonds is 1. The summed E-state index contributed by atoms with van der Waals surface area (Å²) in [6.07, 6.45) is 0. The Labute approximate surface area is 47.8 Å². The molecule has 0 saturated heterocycles. The molecule has 0 aliphatic carbocycles. The first-order chi connectivity index (χ1) is 2.27. The third-order valence-electron chi connectivity index (χ3n) is 0.163. The summed E-state index contributed by atoms with van der Waals surface area (Å²) < 4.78 is 3.93. The molecule has 0 fully saturated rings. The Morgan fingerprint density at radius 2 is 1.67 bits per heavy atom. The number of hydrogen-bond donors (Lipinski definition) is 2. The second-order valence-electron chi connectivity index (χ2n) is 0.435. The standard InChI is InChI=1S/CH5O3P.Cu/c1-4-5(2)3;/h2-3H,1H3;. The van der Waals surface area contributed by atoms with Gasteiger partial charge in [-0.1, -0.05) is 0 Å². The Hall–Kier alpha value is 0.829. The van der Waals surface area contributed by atoms with Gasteiger partial charge in [0.1, 0.15) is 0 Å². The predicted octanol–water partition coefficient (Wildman–Crippen LogP) is -0.158. The van der Waals surface area contributed by atoms with Crippen LogP contribution in [0.15, 0.2) is 0 Å². The average Bonchev–Trinajstić information content (AvgIpc) is 1.38. The Morgan fingerprint density at radius 3 is 1.67 bits per heavy atom. The van der Waals surface area contributed by atoms with Gasteiger partial charge in [0, 0.05) is 24.2 Å². The van der Waals surface area contributed by atoms with E-state index < -0.39 is 8.60 Å². The normalized spacial score (nSPS) is 8.00. The fourth-order valence-electron chi connectivity index (χ4n) is 0. The molecular weight excluding hydrogens is 155 g/mol. The second-order valence-corrected chi connectivity index (χ2v) is 1.31. The van der Waals surface area contributed by atoms with Gasteiger partial charge in [0.05, 0.1) is 0 Å². The maximum Gasteiger partial charge on any atom is 0.326 e. The van der Waals surface area contributed by atoms with Crippen molar-refractivity contribution in [2.24, 2.45) is 0 Å². The van der Waals surface area contributed by atoms with E-state index in [1.54, 1.807) is 0 Å². The SMILES string of the molecule is COP(O)O.[Cu]. The summed E-state index contributed by atoms with van der Waals surface area (Å²) >= 11 is 0. The molecule has 1 radical (unpaired) electrons. The quantitative estimate of drug-likeness (QED) is 0.413. The van der Waals surface area contributed by atoms with Gasteiger partial charge in [-0.2, -0.15) is 0 Å². The molecular formula is CH5CuO3P. The maximum atomic E-state index is 7.76. The van der Waals surface area contributed by atoms with Gasteiger partial charge >= 0.3 is 8.60 Å². The van der Waals surface area contributed by atoms with Crippen molar-refractivity contribution in [2.45, 2.75) is 0 Å². The van der Waals surface area contributed by atoms with Crippen molar-refractivity contribution in [2.75, 3.05) is 7.11 Å². The third kappa shape index (κ3) is 8.85. The second kappa shape index (κ2) is 5.83. The molecule has 2 N–H and O–H groups in total. The molecule has 0 aromatic rings. The summed E-state index contributed by atoms with van der Waals surface area (Å²) in [6.45, 7) is 0. The minimum atomic E-state index is -2.10. The first-order valence-electron chi connectivity index (χ1n) is 0.991. The van der Waals surface area contributed by atoms with Crippen molar-refractivity contribution in [3.63, 3.8) is 0 Å². The zero-order valence-electron chi connectivity index (χ0n) is 3.05. The summed E-state index contributed by atoms with van der Waals surface area (Å²) in [6, 6.07) is 0. The van der Waals surface area contributed by atoms with Gasteiger partial charge < -0.3 is 14.3 Å². The van der Waals surface area contributed by atoms with Crippen LogP contribution in [0.4, 0.5) is 0 Å². The van der Waals surface area contributed by atoms with Crippen molar-refractivity contribution >= 4 is 8.60 Å². The molecule has 0 atom stereocenters. The van der Waals surface area contributed by atoms with Gasteiger partial charge in [-0.3, -0.25) is 0 Å². The van der Waals surface area contributed by atoms with E-state index in [4.69, 9.17) is 9.79 Å². The predicted molar refractivity (Wildman–Crippen MR) is 18.4 cm³/mol. The Morgan fingerprint density at radius 1 is 1.50 bits per heavy atom. The molecule has 3 nitrogen and oxygen atoms in total. The molecule has 0 aliphatic heterocycles. The van der Waals surface area contributed by atoms with Gasteiger partial charge in [-0.05, 0) is 0 Å². The van der Waals surface area contributed by atoms with E-state index in [9.17, 15) is 0 Å². The zero-order chi connectivity index (χ0) is 4.28. The van der Waals surface area contributed by atoms with Crippen LogP contribution in [0.25, 0.3) is 0 Å². The Bertz CT molecular complexity index is 24.8. The molecule has 0 rings (SSSR count). The van der Waals surface area contributed by atoms with E-state index in [0.717, 1.165) is 0 Å². The van der Waals surface area contributed by atoms with Gasteiger partial charge in [-0.15, -0.1) is 0 Å². The summed E-state index contributed by atoms with van der Waals surface area (Å²) in [7, 11) is -0.870. The van der Waals surface area contributed by atoms with E-state index in [0.29, 0.717) is 0 Å². The van der Waals surface area contributed by atoms with Crippen LogP contribution in [-0.2, 0) is 21.6 Å².